The Balaban J connectivity index is 2.52. The predicted octanol–water partition coefficient (Wildman–Crippen LogP) is 3.78. The van der Waals surface area contributed by atoms with E-state index in [1.807, 2.05) is 25.1 Å². The van der Waals surface area contributed by atoms with E-state index in [9.17, 15) is 0 Å². The topological polar surface area (TPSA) is 53.7 Å². The minimum Gasteiger partial charge on any atom is -0.493 e. The number of nitrogens with two attached hydrogens (primary N) is 1. The van der Waals surface area contributed by atoms with Crippen LogP contribution in [0.5, 0.6) is 17.2 Å². The SMILES string of the molecule is COc1ccc(C(N)c2cc(C)c(Cl)s2)c(OC)c1OC. The fourth-order valence-corrected chi connectivity index (χ4v) is 3.40. The molecule has 0 saturated heterocycles. The molecule has 1 atom stereocenters. The molecule has 1 aromatic heterocycles. The molecular weight excluding hydrogens is 310 g/mol. The van der Waals surface area contributed by atoms with E-state index in [2.05, 4.69) is 0 Å². The van der Waals surface area contributed by atoms with Gasteiger partial charge in [0.15, 0.2) is 11.5 Å². The summed E-state index contributed by atoms with van der Waals surface area (Å²) in [7, 11) is 4.74. The third-order valence-electron chi connectivity index (χ3n) is 3.25. The molecule has 1 unspecified atom stereocenters. The lowest BCUT2D eigenvalue weighted by Crippen LogP contribution is -2.12. The predicted molar refractivity (Wildman–Crippen MR) is 86.2 cm³/mol. The maximum absolute atomic E-state index is 6.37. The minimum absolute atomic E-state index is 0.337. The summed E-state index contributed by atoms with van der Waals surface area (Å²) in [5.74, 6) is 1.71. The van der Waals surface area contributed by atoms with E-state index < -0.39 is 0 Å². The highest BCUT2D eigenvalue weighted by Crippen LogP contribution is 2.44. The van der Waals surface area contributed by atoms with Crippen molar-refractivity contribution in [2.75, 3.05) is 21.3 Å². The number of aryl methyl sites for hydroxylation is 1. The van der Waals surface area contributed by atoms with Crippen LogP contribution in [-0.4, -0.2) is 21.3 Å². The maximum atomic E-state index is 6.37. The molecule has 1 aromatic carbocycles. The average Bonchev–Trinajstić information content (AvgIpc) is 2.84. The van der Waals surface area contributed by atoms with Crippen LogP contribution < -0.4 is 19.9 Å². The maximum Gasteiger partial charge on any atom is 0.203 e. The summed E-state index contributed by atoms with van der Waals surface area (Å²) in [6.07, 6.45) is 0. The minimum atomic E-state index is -0.337. The van der Waals surface area contributed by atoms with E-state index in [0.717, 1.165) is 20.3 Å². The summed E-state index contributed by atoms with van der Waals surface area (Å²) >= 11 is 7.60. The van der Waals surface area contributed by atoms with Crippen LogP contribution in [0.4, 0.5) is 0 Å². The lowest BCUT2D eigenvalue weighted by molar-refractivity contribution is 0.321. The zero-order valence-electron chi connectivity index (χ0n) is 12.4. The molecule has 0 spiro atoms. The van der Waals surface area contributed by atoms with Crippen LogP contribution in [0.1, 0.15) is 22.0 Å². The van der Waals surface area contributed by atoms with Gasteiger partial charge in [-0.05, 0) is 30.7 Å². The molecule has 0 aliphatic carbocycles. The summed E-state index contributed by atoms with van der Waals surface area (Å²) < 4.78 is 16.9. The third-order valence-corrected chi connectivity index (χ3v) is 4.89. The zero-order valence-corrected chi connectivity index (χ0v) is 14.0. The van der Waals surface area contributed by atoms with Crippen molar-refractivity contribution in [1.82, 2.24) is 0 Å². The molecule has 114 valence electrons. The van der Waals surface area contributed by atoms with Crippen molar-refractivity contribution in [3.8, 4) is 17.2 Å². The molecule has 2 N–H and O–H groups in total. The number of hydrogen-bond acceptors (Lipinski definition) is 5. The monoisotopic (exact) mass is 327 g/mol. The zero-order chi connectivity index (χ0) is 15.6. The Bertz CT molecular complexity index is 623. The van der Waals surface area contributed by atoms with Crippen molar-refractivity contribution in [3.63, 3.8) is 0 Å². The second-order valence-electron chi connectivity index (χ2n) is 4.51. The first-order valence-corrected chi connectivity index (χ1v) is 7.53. The van der Waals surface area contributed by atoms with Gasteiger partial charge in [-0.2, -0.15) is 0 Å². The van der Waals surface area contributed by atoms with Gasteiger partial charge in [-0.3, -0.25) is 0 Å². The first-order valence-electron chi connectivity index (χ1n) is 6.33. The highest BCUT2D eigenvalue weighted by atomic mass is 35.5. The van der Waals surface area contributed by atoms with E-state index in [1.54, 1.807) is 21.3 Å². The molecule has 1 heterocycles. The van der Waals surface area contributed by atoms with Crippen molar-refractivity contribution < 1.29 is 14.2 Å². The van der Waals surface area contributed by atoms with E-state index in [-0.39, 0.29) is 6.04 Å². The Labute approximate surface area is 133 Å². The van der Waals surface area contributed by atoms with Gasteiger partial charge in [0, 0.05) is 10.4 Å². The average molecular weight is 328 g/mol. The molecule has 4 nitrogen and oxygen atoms in total. The van der Waals surface area contributed by atoms with Gasteiger partial charge in [-0.1, -0.05) is 11.6 Å². The molecule has 6 heteroatoms. The quantitative estimate of drug-likeness (QED) is 0.908. The number of halogens is 1. The number of ether oxygens (including phenoxy) is 3. The fourth-order valence-electron chi connectivity index (χ4n) is 2.16. The summed E-state index contributed by atoms with van der Waals surface area (Å²) in [6.45, 7) is 1.96. The van der Waals surface area contributed by atoms with Gasteiger partial charge in [-0.25, -0.2) is 0 Å². The van der Waals surface area contributed by atoms with Crippen LogP contribution >= 0.6 is 22.9 Å². The van der Waals surface area contributed by atoms with Gasteiger partial charge in [0.25, 0.3) is 0 Å². The lowest BCUT2D eigenvalue weighted by Gasteiger charge is -2.19. The molecule has 0 aliphatic heterocycles. The summed E-state index contributed by atoms with van der Waals surface area (Å²) in [5, 5.41) is 0. The smallest absolute Gasteiger partial charge is 0.203 e. The standard InChI is InChI=1S/C15H18ClNO3S/c1-8-7-11(21-15(8)16)12(17)9-5-6-10(18-2)14(20-4)13(9)19-3/h5-7,12H,17H2,1-4H3. The van der Waals surface area contributed by atoms with Gasteiger partial charge >= 0.3 is 0 Å². The van der Waals surface area contributed by atoms with Crippen LogP contribution in [0, 0.1) is 6.92 Å². The highest BCUT2D eigenvalue weighted by molar-refractivity contribution is 7.16. The normalized spacial score (nSPS) is 12.1. The highest BCUT2D eigenvalue weighted by Gasteiger charge is 2.22. The van der Waals surface area contributed by atoms with Crippen molar-refractivity contribution in [2.45, 2.75) is 13.0 Å². The Morgan fingerprint density at radius 3 is 2.24 bits per heavy atom. The molecule has 21 heavy (non-hydrogen) atoms. The number of hydrogen-bond donors (Lipinski definition) is 1. The van der Waals surface area contributed by atoms with E-state index in [0.29, 0.717) is 17.2 Å². The number of rotatable bonds is 5. The van der Waals surface area contributed by atoms with E-state index in [1.165, 1.54) is 11.3 Å². The number of benzene rings is 1. The largest absolute Gasteiger partial charge is 0.493 e. The second kappa shape index (κ2) is 6.56. The molecule has 0 radical (unpaired) electrons. The first-order chi connectivity index (χ1) is 10.0. The van der Waals surface area contributed by atoms with Crippen molar-refractivity contribution in [1.29, 1.82) is 0 Å². The van der Waals surface area contributed by atoms with Gasteiger partial charge in [0.2, 0.25) is 5.75 Å². The molecule has 2 aromatic rings. The summed E-state index contributed by atoms with van der Waals surface area (Å²) in [6, 6.07) is 5.36. The molecule has 0 bridgehead atoms. The Morgan fingerprint density at radius 2 is 1.76 bits per heavy atom. The van der Waals surface area contributed by atoms with Crippen LogP contribution in [0.25, 0.3) is 0 Å². The Hall–Kier alpha value is -1.43. The van der Waals surface area contributed by atoms with Crippen molar-refractivity contribution in [2.24, 2.45) is 5.73 Å². The van der Waals surface area contributed by atoms with Gasteiger partial charge in [0.1, 0.15) is 0 Å². The van der Waals surface area contributed by atoms with Gasteiger partial charge < -0.3 is 19.9 Å². The van der Waals surface area contributed by atoms with Crippen LogP contribution in [0.3, 0.4) is 0 Å². The Morgan fingerprint density at radius 1 is 1.10 bits per heavy atom. The molecule has 0 fully saturated rings. The van der Waals surface area contributed by atoms with Crippen molar-refractivity contribution in [3.05, 3.63) is 38.5 Å². The molecule has 0 saturated carbocycles. The fraction of sp³-hybridized carbons (Fsp3) is 0.333. The van der Waals surface area contributed by atoms with Gasteiger partial charge in [0.05, 0.1) is 31.7 Å². The second-order valence-corrected chi connectivity index (χ2v) is 6.19. The van der Waals surface area contributed by atoms with Crippen LogP contribution in [0.2, 0.25) is 4.34 Å². The first kappa shape index (κ1) is 15.9. The summed E-state index contributed by atoms with van der Waals surface area (Å²) in [5.41, 5.74) is 8.21. The van der Waals surface area contributed by atoms with Crippen LogP contribution in [0.15, 0.2) is 18.2 Å². The molecule has 2 rings (SSSR count). The molecular formula is C15H18ClNO3S. The van der Waals surface area contributed by atoms with Crippen LogP contribution in [-0.2, 0) is 0 Å². The molecule has 0 amide bonds. The number of methoxy groups -OCH3 is 3. The number of thiophene rings is 1. The van der Waals surface area contributed by atoms with Gasteiger partial charge in [-0.15, -0.1) is 11.3 Å². The summed E-state index contributed by atoms with van der Waals surface area (Å²) in [4.78, 5) is 0.975. The lowest BCUT2D eigenvalue weighted by atomic mass is 10.0. The molecule has 0 aliphatic rings. The third kappa shape index (κ3) is 2.95. The van der Waals surface area contributed by atoms with E-state index >= 15 is 0 Å². The van der Waals surface area contributed by atoms with E-state index in [4.69, 9.17) is 31.5 Å². The van der Waals surface area contributed by atoms with Crippen molar-refractivity contribution >= 4 is 22.9 Å². The Kier molecular flexibility index (Phi) is 4.98.